The first-order valence-electron chi connectivity index (χ1n) is 6.77. The smallest absolute Gasteiger partial charge is 0.231 e. The fraction of sp³-hybridized carbons (Fsp3) is 0.0588. The van der Waals surface area contributed by atoms with Crippen molar-refractivity contribution in [1.29, 1.82) is 0 Å². The predicted molar refractivity (Wildman–Crippen MR) is 79.6 cm³/mol. The highest BCUT2D eigenvalue weighted by Crippen LogP contribution is 2.47. The van der Waals surface area contributed by atoms with Gasteiger partial charge < -0.3 is 9.47 Å². The minimum Gasteiger partial charge on any atom is -0.454 e. The van der Waals surface area contributed by atoms with Crippen LogP contribution in [0.4, 0.5) is 5.82 Å². The van der Waals surface area contributed by atoms with Crippen molar-refractivity contribution in [2.75, 3.05) is 6.79 Å². The summed E-state index contributed by atoms with van der Waals surface area (Å²) < 4.78 is 11.2. The lowest BCUT2D eigenvalue weighted by Gasteiger charge is -2.08. The van der Waals surface area contributed by atoms with Crippen LogP contribution in [0.2, 0.25) is 0 Å². The molecule has 1 aromatic heterocycles. The first-order valence-corrected chi connectivity index (χ1v) is 6.77. The third kappa shape index (κ3) is 1.39. The van der Waals surface area contributed by atoms with Gasteiger partial charge in [0, 0.05) is 17.1 Å². The zero-order valence-corrected chi connectivity index (χ0v) is 11.0. The van der Waals surface area contributed by atoms with Crippen LogP contribution in [0.3, 0.4) is 0 Å². The fourth-order valence-electron chi connectivity index (χ4n) is 2.96. The highest BCUT2D eigenvalue weighted by molar-refractivity contribution is 6.27. The first kappa shape index (κ1) is 10.9. The Morgan fingerprint density at radius 2 is 1.90 bits per heavy atom. The average molecular weight is 274 g/mol. The SMILES string of the molecule is c1ccc(C2=Nc3nccc4cc5c(c2c34)OCO5)cc1. The van der Waals surface area contributed by atoms with Crippen LogP contribution >= 0.6 is 0 Å². The molecule has 2 aromatic carbocycles. The van der Waals surface area contributed by atoms with E-state index in [1.165, 1.54) is 0 Å². The van der Waals surface area contributed by atoms with Crippen LogP contribution in [-0.4, -0.2) is 17.5 Å². The number of hydrogen-bond acceptors (Lipinski definition) is 4. The van der Waals surface area contributed by atoms with Crippen LogP contribution < -0.4 is 9.47 Å². The molecule has 0 N–H and O–H groups in total. The quantitative estimate of drug-likeness (QED) is 0.534. The van der Waals surface area contributed by atoms with E-state index in [-0.39, 0.29) is 6.79 Å². The Bertz CT molecular complexity index is 917. The molecule has 4 nitrogen and oxygen atoms in total. The lowest BCUT2D eigenvalue weighted by atomic mass is 9.98. The molecule has 0 unspecified atom stereocenters. The van der Waals surface area contributed by atoms with Gasteiger partial charge in [-0.15, -0.1) is 0 Å². The van der Waals surface area contributed by atoms with E-state index < -0.39 is 0 Å². The second kappa shape index (κ2) is 3.82. The highest BCUT2D eigenvalue weighted by Gasteiger charge is 2.30. The first-order chi connectivity index (χ1) is 10.4. The van der Waals surface area contributed by atoms with Gasteiger partial charge in [0.05, 0.1) is 11.3 Å². The molecule has 5 rings (SSSR count). The normalized spacial score (nSPS) is 14.6. The van der Waals surface area contributed by atoms with Crippen molar-refractivity contribution >= 4 is 22.3 Å². The van der Waals surface area contributed by atoms with Gasteiger partial charge in [0.15, 0.2) is 17.3 Å². The summed E-state index contributed by atoms with van der Waals surface area (Å²) in [5.74, 6) is 2.30. The Morgan fingerprint density at radius 3 is 2.81 bits per heavy atom. The largest absolute Gasteiger partial charge is 0.454 e. The Morgan fingerprint density at radius 1 is 1.00 bits per heavy atom. The minimum absolute atomic E-state index is 0.253. The summed E-state index contributed by atoms with van der Waals surface area (Å²) in [6.45, 7) is 0.253. The molecule has 0 fully saturated rings. The number of rotatable bonds is 1. The molecular weight excluding hydrogens is 264 g/mol. The number of aromatic nitrogens is 1. The molecule has 3 heterocycles. The molecule has 4 heteroatoms. The Kier molecular flexibility index (Phi) is 1.98. The van der Waals surface area contributed by atoms with Crippen LogP contribution in [-0.2, 0) is 0 Å². The van der Waals surface area contributed by atoms with E-state index in [1.54, 1.807) is 6.20 Å². The molecular formula is C17H10N2O2. The Hall–Kier alpha value is -2.88. The van der Waals surface area contributed by atoms with Crippen molar-refractivity contribution in [2.24, 2.45) is 4.99 Å². The number of fused-ring (bicyclic) bond motifs is 2. The van der Waals surface area contributed by atoms with Crippen molar-refractivity contribution in [3.63, 3.8) is 0 Å². The monoisotopic (exact) mass is 274 g/mol. The van der Waals surface area contributed by atoms with Crippen LogP contribution in [0.25, 0.3) is 10.8 Å². The molecule has 2 aliphatic rings. The summed E-state index contributed by atoms with van der Waals surface area (Å²) in [7, 11) is 0. The molecule has 100 valence electrons. The van der Waals surface area contributed by atoms with E-state index in [1.807, 2.05) is 42.5 Å². The van der Waals surface area contributed by atoms with Gasteiger partial charge >= 0.3 is 0 Å². The molecule has 0 spiro atoms. The van der Waals surface area contributed by atoms with E-state index >= 15 is 0 Å². The van der Waals surface area contributed by atoms with Crippen molar-refractivity contribution in [3.8, 4) is 11.5 Å². The maximum Gasteiger partial charge on any atom is 0.231 e. The maximum atomic E-state index is 5.68. The second-order valence-corrected chi connectivity index (χ2v) is 5.04. The topological polar surface area (TPSA) is 43.7 Å². The Labute approximate surface area is 120 Å². The predicted octanol–water partition coefficient (Wildman–Crippen LogP) is 3.45. The van der Waals surface area contributed by atoms with E-state index in [2.05, 4.69) is 4.98 Å². The molecule has 3 aromatic rings. The lowest BCUT2D eigenvalue weighted by molar-refractivity contribution is 0.174. The van der Waals surface area contributed by atoms with E-state index in [4.69, 9.17) is 14.5 Å². The number of hydrogen-bond donors (Lipinski definition) is 0. The standard InChI is InChI=1S/C17H10N2O2/c1-2-4-10(5-3-1)15-14-13-11(6-7-18-17(13)19-15)8-12-16(14)21-9-20-12/h1-8H,9H2. The van der Waals surface area contributed by atoms with Gasteiger partial charge in [-0.25, -0.2) is 9.98 Å². The lowest BCUT2D eigenvalue weighted by Crippen LogP contribution is -2.02. The Balaban J connectivity index is 1.90. The van der Waals surface area contributed by atoms with Crippen LogP contribution in [0.15, 0.2) is 53.7 Å². The molecule has 0 aliphatic carbocycles. The third-order valence-corrected chi connectivity index (χ3v) is 3.87. The second-order valence-electron chi connectivity index (χ2n) is 5.04. The maximum absolute atomic E-state index is 5.68. The van der Waals surface area contributed by atoms with Gasteiger partial charge in [-0.2, -0.15) is 0 Å². The average Bonchev–Trinajstić information content (AvgIpc) is 3.14. The van der Waals surface area contributed by atoms with Crippen molar-refractivity contribution in [1.82, 2.24) is 4.98 Å². The molecule has 0 saturated carbocycles. The summed E-state index contributed by atoms with van der Waals surface area (Å²) in [6.07, 6.45) is 1.78. The summed E-state index contributed by atoms with van der Waals surface area (Å²) in [5.41, 5.74) is 2.95. The number of aliphatic imine (C=N–C) groups is 1. The number of nitrogens with zero attached hydrogens (tertiary/aromatic N) is 2. The van der Waals surface area contributed by atoms with Gasteiger partial charge in [-0.1, -0.05) is 30.3 Å². The summed E-state index contributed by atoms with van der Waals surface area (Å²) >= 11 is 0. The molecule has 0 atom stereocenters. The zero-order chi connectivity index (χ0) is 13.8. The van der Waals surface area contributed by atoms with Gasteiger partial charge in [-0.3, -0.25) is 0 Å². The van der Waals surface area contributed by atoms with Gasteiger partial charge in [-0.05, 0) is 17.5 Å². The number of benzene rings is 2. The fourth-order valence-corrected chi connectivity index (χ4v) is 2.96. The van der Waals surface area contributed by atoms with Crippen molar-refractivity contribution < 1.29 is 9.47 Å². The molecule has 0 radical (unpaired) electrons. The summed E-state index contributed by atoms with van der Waals surface area (Å²) in [5, 5.41) is 2.12. The van der Waals surface area contributed by atoms with Crippen LogP contribution in [0.5, 0.6) is 11.5 Å². The van der Waals surface area contributed by atoms with Gasteiger partial charge in [0.25, 0.3) is 0 Å². The summed E-state index contributed by atoms with van der Waals surface area (Å²) in [4.78, 5) is 9.11. The van der Waals surface area contributed by atoms with E-state index in [0.29, 0.717) is 0 Å². The van der Waals surface area contributed by atoms with E-state index in [9.17, 15) is 0 Å². The zero-order valence-electron chi connectivity index (χ0n) is 11.0. The molecule has 0 saturated heterocycles. The molecule has 2 aliphatic heterocycles. The summed E-state index contributed by atoms with van der Waals surface area (Å²) in [6, 6.07) is 14.1. The van der Waals surface area contributed by atoms with Crippen LogP contribution in [0.1, 0.15) is 11.1 Å². The minimum atomic E-state index is 0.253. The highest BCUT2D eigenvalue weighted by atomic mass is 16.7. The van der Waals surface area contributed by atoms with Gasteiger partial charge in [0.1, 0.15) is 0 Å². The van der Waals surface area contributed by atoms with Gasteiger partial charge in [0.2, 0.25) is 6.79 Å². The number of ether oxygens (including phenoxy) is 2. The molecule has 0 amide bonds. The van der Waals surface area contributed by atoms with Crippen molar-refractivity contribution in [3.05, 3.63) is 59.8 Å². The van der Waals surface area contributed by atoms with E-state index in [0.717, 1.165) is 44.9 Å². The third-order valence-electron chi connectivity index (χ3n) is 3.87. The molecule has 21 heavy (non-hydrogen) atoms. The van der Waals surface area contributed by atoms with Crippen LogP contribution in [0, 0.1) is 0 Å². The molecule has 0 bridgehead atoms. The van der Waals surface area contributed by atoms with Crippen molar-refractivity contribution in [2.45, 2.75) is 0 Å². The number of pyridine rings is 1.